The summed E-state index contributed by atoms with van der Waals surface area (Å²) in [5.74, 6) is 0. The van der Waals surface area contributed by atoms with E-state index in [1.54, 1.807) is 12.4 Å². The molecule has 2 aromatic heterocycles. The zero-order chi connectivity index (χ0) is 11.7. The fourth-order valence-corrected chi connectivity index (χ4v) is 1.82. The molecule has 5 heteroatoms. The molecule has 2 N–H and O–H groups in total. The molecule has 0 fully saturated rings. The SMILES string of the molecule is Cc1nn(-c2cncc(CN)c2)c(C)c1Br. The van der Waals surface area contributed by atoms with Gasteiger partial charge >= 0.3 is 0 Å². The van der Waals surface area contributed by atoms with Gasteiger partial charge in [-0.2, -0.15) is 5.10 Å². The van der Waals surface area contributed by atoms with Gasteiger partial charge in [-0.25, -0.2) is 4.68 Å². The number of aromatic nitrogens is 3. The van der Waals surface area contributed by atoms with Crippen molar-refractivity contribution in [2.45, 2.75) is 20.4 Å². The molecular weight excluding hydrogens is 268 g/mol. The highest BCUT2D eigenvalue weighted by atomic mass is 79.9. The Morgan fingerprint density at radius 2 is 2.12 bits per heavy atom. The van der Waals surface area contributed by atoms with Crippen LogP contribution in [0.4, 0.5) is 0 Å². The molecule has 0 amide bonds. The highest BCUT2D eigenvalue weighted by Crippen LogP contribution is 2.22. The molecule has 2 rings (SSSR count). The van der Waals surface area contributed by atoms with Crippen LogP contribution in [0, 0.1) is 13.8 Å². The predicted octanol–water partition coefficient (Wildman–Crippen LogP) is 2.11. The summed E-state index contributed by atoms with van der Waals surface area (Å²) in [6.45, 7) is 4.47. The number of hydrogen-bond donors (Lipinski definition) is 1. The van der Waals surface area contributed by atoms with Crippen LogP contribution in [0.15, 0.2) is 22.9 Å². The topological polar surface area (TPSA) is 56.7 Å². The van der Waals surface area contributed by atoms with Crippen LogP contribution in [0.3, 0.4) is 0 Å². The van der Waals surface area contributed by atoms with Crippen molar-refractivity contribution >= 4 is 15.9 Å². The number of pyridine rings is 1. The first-order chi connectivity index (χ1) is 7.63. The molecule has 0 aliphatic carbocycles. The van der Waals surface area contributed by atoms with Gasteiger partial charge in [0, 0.05) is 12.7 Å². The Hall–Kier alpha value is -1.20. The first-order valence-corrected chi connectivity index (χ1v) is 5.79. The minimum absolute atomic E-state index is 0.487. The molecular formula is C11H13BrN4. The van der Waals surface area contributed by atoms with Crippen molar-refractivity contribution in [3.8, 4) is 5.69 Å². The van der Waals surface area contributed by atoms with Gasteiger partial charge in [0.15, 0.2) is 0 Å². The Bertz CT molecular complexity index is 519. The summed E-state index contributed by atoms with van der Waals surface area (Å²) in [6, 6.07) is 2.00. The third-order valence-corrected chi connectivity index (χ3v) is 3.61. The van der Waals surface area contributed by atoms with Crippen molar-refractivity contribution in [1.29, 1.82) is 0 Å². The molecule has 16 heavy (non-hydrogen) atoms. The quantitative estimate of drug-likeness (QED) is 0.917. The molecule has 84 valence electrons. The Balaban J connectivity index is 2.54. The summed E-state index contributed by atoms with van der Waals surface area (Å²) in [5.41, 5.74) is 9.56. The first kappa shape index (κ1) is 11.3. The molecule has 2 aromatic rings. The van der Waals surface area contributed by atoms with Crippen LogP contribution in [-0.2, 0) is 6.54 Å². The van der Waals surface area contributed by atoms with Crippen LogP contribution in [-0.4, -0.2) is 14.8 Å². The van der Waals surface area contributed by atoms with Crippen molar-refractivity contribution in [3.05, 3.63) is 39.9 Å². The van der Waals surface area contributed by atoms with Gasteiger partial charge in [0.05, 0.1) is 27.7 Å². The van der Waals surface area contributed by atoms with E-state index in [0.29, 0.717) is 6.54 Å². The molecule has 0 atom stereocenters. The number of nitrogens with two attached hydrogens (primary N) is 1. The Kier molecular flexibility index (Phi) is 3.07. The molecule has 0 saturated heterocycles. The highest BCUT2D eigenvalue weighted by Gasteiger charge is 2.10. The Morgan fingerprint density at radius 3 is 2.69 bits per heavy atom. The van der Waals surface area contributed by atoms with E-state index in [-0.39, 0.29) is 0 Å². The highest BCUT2D eigenvalue weighted by molar-refractivity contribution is 9.10. The molecule has 0 aliphatic rings. The fourth-order valence-electron chi connectivity index (χ4n) is 1.58. The van der Waals surface area contributed by atoms with Gasteiger partial charge < -0.3 is 5.73 Å². The summed E-state index contributed by atoms with van der Waals surface area (Å²) in [7, 11) is 0. The van der Waals surface area contributed by atoms with Gasteiger partial charge in [0.2, 0.25) is 0 Å². The maximum atomic E-state index is 5.59. The van der Waals surface area contributed by atoms with Crippen LogP contribution in [0.1, 0.15) is 17.0 Å². The molecule has 0 spiro atoms. The van der Waals surface area contributed by atoms with Crippen molar-refractivity contribution in [2.75, 3.05) is 0 Å². The maximum Gasteiger partial charge on any atom is 0.0835 e. The zero-order valence-electron chi connectivity index (χ0n) is 9.24. The first-order valence-electron chi connectivity index (χ1n) is 4.99. The van der Waals surface area contributed by atoms with Crippen molar-refractivity contribution < 1.29 is 0 Å². The van der Waals surface area contributed by atoms with Gasteiger partial charge in [-0.05, 0) is 41.4 Å². The van der Waals surface area contributed by atoms with Gasteiger partial charge in [-0.15, -0.1) is 0 Å². The summed E-state index contributed by atoms with van der Waals surface area (Å²) in [6.07, 6.45) is 3.55. The van der Waals surface area contributed by atoms with E-state index in [0.717, 1.165) is 27.1 Å². The summed E-state index contributed by atoms with van der Waals surface area (Å²) >= 11 is 3.50. The molecule has 0 unspecified atom stereocenters. The lowest BCUT2D eigenvalue weighted by Crippen LogP contribution is -2.03. The summed E-state index contributed by atoms with van der Waals surface area (Å²) < 4.78 is 2.90. The lowest BCUT2D eigenvalue weighted by Gasteiger charge is -2.05. The molecule has 0 aliphatic heterocycles. The van der Waals surface area contributed by atoms with Gasteiger partial charge in [-0.3, -0.25) is 4.98 Å². The molecule has 0 radical (unpaired) electrons. The lowest BCUT2D eigenvalue weighted by atomic mass is 10.2. The minimum atomic E-state index is 0.487. The van der Waals surface area contributed by atoms with E-state index in [2.05, 4.69) is 26.0 Å². The lowest BCUT2D eigenvalue weighted by molar-refractivity contribution is 0.824. The molecule has 0 aromatic carbocycles. The fraction of sp³-hybridized carbons (Fsp3) is 0.273. The van der Waals surface area contributed by atoms with Crippen LogP contribution in [0.25, 0.3) is 5.69 Å². The molecule has 4 nitrogen and oxygen atoms in total. The number of nitrogens with zero attached hydrogens (tertiary/aromatic N) is 3. The van der Waals surface area contributed by atoms with Gasteiger partial charge in [-0.1, -0.05) is 0 Å². The van der Waals surface area contributed by atoms with Crippen molar-refractivity contribution in [1.82, 2.24) is 14.8 Å². The van der Waals surface area contributed by atoms with Gasteiger partial charge in [0.1, 0.15) is 0 Å². The van der Waals surface area contributed by atoms with Crippen LogP contribution < -0.4 is 5.73 Å². The predicted molar refractivity (Wildman–Crippen MR) is 66.4 cm³/mol. The molecule has 0 bridgehead atoms. The number of halogens is 1. The van der Waals surface area contributed by atoms with Gasteiger partial charge in [0.25, 0.3) is 0 Å². The van der Waals surface area contributed by atoms with E-state index in [1.807, 2.05) is 24.6 Å². The Morgan fingerprint density at radius 1 is 1.38 bits per heavy atom. The Labute approximate surface area is 103 Å². The molecule has 0 saturated carbocycles. The number of rotatable bonds is 2. The maximum absolute atomic E-state index is 5.59. The van der Waals surface area contributed by atoms with E-state index in [9.17, 15) is 0 Å². The van der Waals surface area contributed by atoms with E-state index >= 15 is 0 Å². The minimum Gasteiger partial charge on any atom is -0.326 e. The normalized spacial score (nSPS) is 10.8. The second-order valence-corrected chi connectivity index (χ2v) is 4.45. The van der Waals surface area contributed by atoms with E-state index in [1.165, 1.54) is 0 Å². The van der Waals surface area contributed by atoms with Crippen LogP contribution >= 0.6 is 15.9 Å². The number of aryl methyl sites for hydroxylation is 1. The third-order valence-electron chi connectivity index (χ3n) is 2.46. The van der Waals surface area contributed by atoms with Crippen LogP contribution in [0.2, 0.25) is 0 Å². The number of hydrogen-bond acceptors (Lipinski definition) is 3. The van der Waals surface area contributed by atoms with Crippen LogP contribution in [0.5, 0.6) is 0 Å². The van der Waals surface area contributed by atoms with Crippen molar-refractivity contribution in [3.63, 3.8) is 0 Å². The summed E-state index contributed by atoms with van der Waals surface area (Å²) in [5, 5.41) is 4.44. The average molecular weight is 281 g/mol. The van der Waals surface area contributed by atoms with E-state index < -0.39 is 0 Å². The zero-order valence-corrected chi connectivity index (χ0v) is 10.8. The smallest absolute Gasteiger partial charge is 0.0835 e. The standard InChI is InChI=1S/C11H13BrN4/c1-7-11(12)8(2)16(15-7)10-3-9(4-13)5-14-6-10/h3,5-6H,4,13H2,1-2H3. The second kappa shape index (κ2) is 4.35. The average Bonchev–Trinajstić information content (AvgIpc) is 2.57. The second-order valence-electron chi connectivity index (χ2n) is 3.65. The monoisotopic (exact) mass is 280 g/mol. The largest absolute Gasteiger partial charge is 0.326 e. The van der Waals surface area contributed by atoms with Crippen molar-refractivity contribution in [2.24, 2.45) is 5.73 Å². The van der Waals surface area contributed by atoms with E-state index in [4.69, 9.17) is 5.73 Å². The summed E-state index contributed by atoms with van der Waals surface area (Å²) in [4.78, 5) is 4.16. The molecule has 2 heterocycles. The third kappa shape index (κ3) is 1.88.